The predicted molar refractivity (Wildman–Crippen MR) is 55.8 cm³/mol. The molecule has 5 nitrogen and oxygen atoms in total. The molecule has 0 atom stereocenters. The monoisotopic (exact) mass is 245 g/mol. The van der Waals surface area contributed by atoms with E-state index in [1.807, 2.05) is 0 Å². The second-order valence-corrected chi connectivity index (χ2v) is 3.73. The number of carbonyl (C=O) groups is 1. The van der Waals surface area contributed by atoms with Gasteiger partial charge in [-0.2, -0.15) is 4.39 Å². The van der Waals surface area contributed by atoms with Gasteiger partial charge in [0.15, 0.2) is 0 Å². The lowest BCUT2D eigenvalue weighted by atomic mass is 10.3. The van der Waals surface area contributed by atoms with Gasteiger partial charge in [-0.1, -0.05) is 6.07 Å². The average molecular weight is 245 g/mol. The van der Waals surface area contributed by atoms with Crippen molar-refractivity contribution in [2.24, 2.45) is 0 Å². The lowest BCUT2D eigenvalue weighted by Gasteiger charge is -2.02. The van der Waals surface area contributed by atoms with E-state index >= 15 is 0 Å². The molecule has 0 bridgehead atoms. The summed E-state index contributed by atoms with van der Waals surface area (Å²) in [6, 6.07) is 3.73. The molecule has 0 amide bonds. The zero-order chi connectivity index (χ0) is 12.1. The maximum absolute atomic E-state index is 13.1. The number of methoxy groups -OCH3 is 1. The number of hydrogen-bond acceptors (Lipinski definition) is 5. The third kappa shape index (κ3) is 2.93. The Morgan fingerprint density at radius 2 is 2.31 bits per heavy atom. The highest BCUT2D eigenvalue weighted by atomic mass is 32.2. The minimum absolute atomic E-state index is 0.0964. The summed E-state index contributed by atoms with van der Waals surface area (Å²) >= 11 is 0.866. The maximum atomic E-state index is 13.1. The summed E-state index contributed by atoms with van der Waals surface area (Å²) in [6.45, 7) is 0. The third-order valence-corrected chi connectivity index (χ3v) is 2.73. The molecule has 7 heteroatoms. The van der Waals surface area contributed by atoms with Gasteiger partial charge in [-0.25, -0.2) is 0 Å². The molecule has 1 aromatic rings. The molecule has 0 saturated heterocycles. The molecule has 0 radical (unpaired) electrons. The van der Waals surface area contributed by atoms with Gasteiger partial charge >= 0.3 is 11.7 Å². The number of hydrogen-bond donors (Lipinski definition) is 0. The van der Waals surface area contributed by atoms with Gasteiger partial charge in [0, 0.05) is 0 Å². The number of nitro benzene ring substituents is 1. The van der Waals surface area contributed by atoms with Crippen molar-refractivity contribution >= 4 is 23.4 Å². The number of ether oxygens (including phenoxy) is 1. The van der Waals surface area contributed by atoms with E-state index < -0.39 is 22.4 Å². The lowest BCUT2D eigenvalue weighted by molar-refractivity contribution is -0.390. The normalized spacial score (nSPS) is 9.88. The molecule has 0 spiro atoms. The minimum atomic E-state index is -0.917. The molecule has 86 valence electrons. The first kappa shape index (κ1) is 12.4. The molecule has 0 aliphatic heterocycles. The fraction of sp³-hybridized carbons (Fsp3) is 0.222. The van der Waals surface area contributed by atoms with E-state index in [0.29, 0.717) is 0 Å². The molecule has 1 rings (SSSR count). The number of benzene rings is 1. The van der Waals surface area contributed by atoms with E-state index in [2.05, 4.69) is 4.74 Å². The number of para-hydroxylation sites is 1. The predicted octanol–water partition coefficient (Wildman–Crippen LogP) is 2.00. The Hall–Kier alpha value is -1.63. The highest BCUT2D eigenvalue weighted by Gasteiger charge is 2.20. The fourth-order valence-corrected chi connectivity index (χ4v) is 1.86. The maximum Gasteiger partial charge on any atom is 0.318 e. The second-order valence-electron chi connectivity index (χ2n) is 2.71. The van der Waals surface area contributed by atoms with Gasteiger partial charge in [0.25, 0.3) is 0 Å². The van der Waals surface area contributed by atoms with Crippen LogP contribution < -0.4 is 0 Å². The van der Waals surface area contributed by atoms with Gasteiger partial charge in [-0.15, -0.1) is 11.8 Å². The van der Waals surface area contributed by atoms with Crippen LogP contribution in [-0.2, 0) is 9.53 Å². The molecular weight excluding hydrogens is 237 g/mol. The number of rotatable bonds is 4. The van der Waals surface area contributed by atoms with Crippen molar-refractivity contribution in [1.82, 2.24) is 0 Å². The molecule has 16 heavy (non-hydrogen) atoms. The SMILES string of the molecule is COC(=O)CSc1cccc(F)c1[N+](=O)[O-]. The van der Waals surface area contributed by atoms with Crippen LogP contribution in [0.25, 0.3) is 0 Å². The van der Waals surface area contributed by atoms with Crippen molar-refractivity contribution in [1.29, 1.82) is 0 Å². The molecule has 0 aliphatic carbocycles. The fourth-order valence-electron chi connectivity index (χ4n) is 0.985. The second kappa shape index (κ2) is 5.45. The number of esters is 1. The van der Waals surface area contributed by atoms with Gasteiger partial charge in [0.05, 0.1) is 22.7 Å². The molecule has 0 aromatic heterocycles. The molecule has 0 fully saturated rings. The van der Waals surface area contributed by atoms with Crippen LogP contribution in [0.1, 0.15) is 0 Å². The van der Waals surface area contributed by atoms with Gasteiger partial charge in [-0.05, 0) is 12.1 Å². The highest BCUT2D eigenvalue weighted by molar-refractivity contribution is 8.00. The van der Waals surface area contributed by atoms with Crippen LogP contribution in [0.15, 0.2) is 23.1 Å². The van der Waals surface area contributed by atoms with E-state index in [9.17, 15) is 19.3 Å². The largest absolute Gasteiger partial charge is 0.468 e. The first-order valence-electron chi connectivity index (χ1n) is 4.18. The topological polar surface area (TPSA) is 69.4 Å². The highest BCUT2D eigenvalue weighted by Crippen LogP contribution is 2.31. The molecule has 1 aromatic carbocycles. The molecule has 0 heterocycles. The van der Waals surface area contributed by atoms with Crippen molar-refractivity contribution < 1.29 is 18.8 Å². The molecule has 0 unspecified atom stereocenters. The minimum Gasteiger partial charge on any atom is -0.468 e. The van der Waals surface area contributed by atoms with Gasteiger partial charge < -0.3 is 4.74 Å². The number of thioether (sulfide) groups is 1. The quantitative estimate of drug-likeness (QED) is 0.351. The summed E-state index contributed by atoms with van der Waals surface area (Å²) in [5, 5.41) is 10.6. The third-order valence-electron chi connectivity index (χ3n) is 1.71. The van der Waals surface area contributed by atoms with Crippen molar-refractivity contribution in [3.05, 3.63) is 34.1 Å². The van der Waals surface area contributed by atoms with Crippen molar-refractivity contribution in [3.63, 3.8) is 0 Å². The van der Waals surface area contributed by atoms with Crippen LogP contribution in [0.4, 0.5) is 10.1 Å². The van der Waals surface area contributed by atoms with Crippen molar-refractivity contribution in [2.45, 2.75) is 4.90 Å². The Labute approximate surface area is 94.7 Å². The van der Waals surface area contributed by atoms with Crippen molar-refractivity contribution in [2.75, 3.05) is 12.9 Å². The van der Waals surface area contributed by atoms with Crippen LogP contribution in [0.5, 0.6) is 0 Å². The van der Waals surface area contributed by atoms with Gasteiger partial charge in [0.2, 0.25) is 5.82 Å². The van der Waals surface area contributed by atoms with Crippen LogP contribution in [0.2, 0.25) is 0 Å². The van der Waals surface area contributed by atoms with E-state index in [1.165, 1.54) is 19.2 Å². The summed E-state index contributed by atoms with van der Waals surface area (Å²) in [6.07, 6.45) is 0. The average Bonchev–Trinajstić information content (AvgIpc) is 2.25. The zero-order valence-corrected chi connectivity index (χ0v) is 9.12. The molecule has 0 N–H and O–H groups in total. The Kier molecular flexibility index (Phi) is 4.24. The number of nitro groups is 1. The Morgan fingerprint density at radius 1 is 1.62 bits per heavy atom. The standard InChI is InChI=1S/C9H8FNO4S/c1-15-8(12)5-16-7-4-2-3-6(10)9(7)11(13)14/h2-4H,5H2,1H3. The lowest BCUT2D eigenvalue weighted by Crippen LogP contribution is -2.04. The van der Waals surface area contributed by atoms with E-state index in [1.54, 1.807) is 0 Å². The van der Waals surface area contributed by atoms with Gasteiger partial charge in [0.1, 0.15) is 0 Å². The summed E-state index contributed by atoms with van der Waals surface area (Å²) in [5.74, 6) is -1.54. The van der Waals surface area contributed by atoms with Crippen LogP contribution in [0.3, 0.4) is 0 Å². The summed E-state index contributed by atoms with van der Waals surface area (Å²) in [7, 11) is 1.21. The summed E-state index contributed by atoms with van der Waals surface area (Å²) in [4.78, 5) is 20.7. The Morgan fingerprint density at radius 3 is 2.88 bits per heavy atom. The molecule has 0 saturated carbocycles. The molecular formula is C9H8FNO4S. The van der Waals surface area contributed by atoms with Crippen molar-refractivity contribution in [3.8, 4) is 0 Å². The van der Waals surface area contributed by atoms with Crippen LogP contribution in [-0.4, -0.2) is 23.8 Å². The van der Waals surface area contributed by atoms with Crippen LogP contribution in [0, 0.1) is 15.9 Å². The number of nitrogens with zero attached hydrogens (tertiary/aromatic N) is 1. The smallest absolute Gasteiger partial charge is 0.318 e. The summed E-state index contributed by atoms with van der Waals surface area (Å²) < 4.78 is 17.5. The summed E-state index contributed by atoms with van der Waals surface area (Å²) in [5.41, 5.74) is -0.614. The molecule has 0 aliphatic rings. The van der Waals surface area contributed by atoms with Gasteiger partial charge in [-0.3, -0.25) is 14.9 Å². The zero-order valence-electron chi connectivity index (χ0n) is 8.31. The Bertz CT molecular complexity index is 424. The Balaban J connectivity index is 2.91. The first-order valence-corrected chi connectivity index (χ1v) is 5.17. The van der Waals surface area contributed by atoms with Crippen LogP contribution >= 0.6 is 11.8 Å². The van der Waals surface area contributed by atoms with E-state index in [4.69, 9.17) is 0 Å². The number of carbonyl (C=O) groups excluding carboxylic acids is 1. The number of halogens is 1. The first-order chi connectivity index (χ1) is 7.56. The van der Waals surface area contributed by atoms with E-state index in [0.717, 1.165) is 17.8 Å². The van der Waals surface area contributed by atoms with E-state index in [-0.39, 0.29) is 10.6 Å².